The maximum Gasteiger partial charge on any atom is 0.277 e. The lowest BCUT2D eigenvalue weighted by atomic mass is 10.1. The fraction of sp³-hybridized carbons (Fsp3) is 0.125. The molecule has 5 rings (SSSR count). The zero-order valence-corrected chi connectivity index (χ0v) is 16.8. The van der Waals surface area contributed by atoms with E-state index < -0.39 is 0 Å². The van der Waals surface area contributed by atoms with Crippen LogP contribution in [0.1, 0.15) is 32.2 Å². The molecule has 4 aromatic rings. The van der Waals surface area contributed by atoms with E-state index in [9.17, 15) is 9.59 Å². The SMILES string of the molecule is Cc1oc(-c2ccccc2)nc1C(=O)Nc1ccc2c(c1)CCN2C(=O)c1ccoc1. The van der Waals surface area contributed by atoms with Gasteiger partial charge in [0.2, 0.25) is 5.89 Å². The second kappa shape index (κ2) is 7.60. The number of furan rings is 1. The fourth-order valence-corrected chi connectivity index (χ4v) is 3.73. The molecule has 0 spiro atoms. The normalized spacial score (nSPS) is 12.6. The summed E-state index contributed by atoms with van der Waals surface area (Å²) in [6.07, 6.45) is 3.64. The second-order valence-electron chi connectivity index (χ2n) is 7.31. The van der Waals surface area contributed by atoms with Crippen LogP contribution in [0.4, 0.5) is 11.4 Å². The van der Waals surface area contributed by atoms with Crippen LogP contribution in [0.3, 0.4) is 0 Å². The molecule has 0 radical (unpaired) electrons. The number of aromatic nitrogens is 1. The standard InChI is InChI=1S/C24H19N3O4/c1-15-21(26-23(31-15)16-5-3-2-4-6-16)22(28)25-19-7-8-20-17(13-19)9-11-27(20)24(29)18-10-12-30-14-18/h2-8,10,12-14H,9,11H2,1H3,(H,25,28). The highest BCUT2D eigenvalue weighted by Crippen LogP contribution is 2.32. The maximum atomic E-state index is 12.8. The van der Waals surface area contributed by atoms with E-state index in [2.05, 4.69) is 10.3 Å². The number of nitrogens with zero attached hydrogens (tertiary/aromatic N) is 2. The monoisotopic (exact) mass is 413 g/mol. The number of aryl methyl sites for hydroxylation is 1. The second-order valence-corrected chi connectivity index (χ2v) is 7.31. The summed E-state index contributed by atoms with van der Waals surface area (Å²) in [4.78, 5) is 31.5. The zero-order chi connectivity index (χ0) is 21.4. The van der Waals surface area contributed by atoms with Crippen molar-refractivity contribution >= 4 is 23.2 Å². The van der Waals surface area contributed by atoms with E-state index in [-0.39, 0.29) is 17.5 Å². The van der Waals surface area contributed by atoms with Gasteiger partial charge in [0.15, 0.2) is 5.69 Å². The summed E-state index contributed by atoms with van der Waals surface area (Å²) >= 11 is 0. The van der Waals surface area contributed by atoms with Gasteiger partial charge in [-0.25, -0.2) is 4.98 Å². The van der Waals surface area contributed by atoms with Crippen molar-refractivity contribution in [1.82, 2.24) is 4.98 Å². The summed E-state index contributed by atoms with van der Waals surface area (Å²) in [5, 5.41) is 2.89. The van der Waals surface area contributed by atoms with Crippen molar-refractivity contribution in [1.29, 1.82) is 0 Å². The van der Waals surface area contributed by atoms with Crippen molar-refractivity contribution < 1.29 is 18.4 Å². The molecule has 0 saturated heterocycles. The molecule has 0 bridgehead atoms. The van der Waals surface area contributed by atoms with Gasteiger partial charge in [0.25, 0.3) is 11.8 Å². The minimum Gasteiger partial charge on any atom is -0.472 e. The van der Waals surface area contributed by atoms with Crippen molar-refractivity contribution in [2.45, 2.75) is 13.3 Å². The number of nitrogens with one attached hydrogen (secondary N) is 1. The summed E-state index contributed by atoms with van der Waals surface area (Å²) in [5.41, 5.74) is 4.05. The Hall–Kier alpha value is -4.13. The molecule has 1 aliphatic heterocycles. The smallest absolute Gasteiger partial charge is 0.277 e. The Bertz CT molecular complexity index is 1260. The van der Waals surface area contributed by atoms with Gasteiger partial charge < -0.3 is 19.1 Å². The zero-order valence-electron chi connectivity index (χ0n) is 16.8. The van der Waals surface area contributed by atoms with Gasteiger partial charge in [-0.15, -0.1) is 0 Å². The van der Waals surface area contributed by atoms with Gasteiger partial charge in [-0.2, -0.15) is 0 Å². The van der Waals surface area contributed by atoms with Crippen molar-refractivity contribution in [2.24, 2.45) is 0 Å². The molecule has 2 aromatic heterocycles. The molecular formula is C24H19N3O4. The maximum absolute atomic E-state index is 12.8. The van der Waals surface area contributed by atoms with Crippen molar-refractivity contribution in [2.75, 3.05) is 16.8 Å². The summed E-state index contributed by atoms with van der Waals surface area (Å²) in [7, 11) is 0. The third kappa shape index (κ3) is 3.50. The summed E-state index contributed by atoms with van der Waals surface area (Å²) in [5.74, 6) is 0.420. The van der Waals surface area contributed by atoms with Gasteiger partial charge in [0.1, 0.15) is 12.0 Å². The van der Waals surface area contributed by atoms with Gasteiger partial charge in [-0.1, -0.05) is 18.2 Å². The molecule has 1 N–H and O–H groups in total. The number of anilines is 2. The van der Waals surface area contributed by atoms with E-state index in [0.29, 0.717) is 35.9 Å². The van der Waals surface area contributed by atoms with E-state index in [4.69, 9.17) is 8.83 Å². The van der Waals surface area contributed by atoms with Crippen molar-refractivity contribution in [3.63, 3.8) is 0 Å². The summed E-state index contributed by atoms with van der Waals surface area (Å²) in [6.45, 7) is 2.30. The minimum absolute atomic E-state index is 0.101. The molecule has 3 heterocycles. The van der Waals surface area contributed by atoms with Gasteiger partial charge in [-0.05, 0) is 55.3 Å². The third-order valence-corrected chi connectivity index (χ3v) is 5.28. The Morgan fingerprint density at radius 3 is 2.71 bits per heavy atom. The molecule has 7 heteroatoms. The molecule has 154 valence electrons. The summed E-state index contributed by atoms with van der Waals surface area (Å²) < 4.78 is 10.7. The average molecular weight is 413 g/mol. The number of fused-ring (bicyclic) bond motifs is 1. The highest BCUT2D eigenvalue weighted by atomic mass is 16.4. The van der Waals surface area contributed by atoms with Gasteiger partial charge >= 0.3 is 0 Å². The molecule has 31 heavy (non-hydrogen) atoms. The molecule has 0 saturated carbocycles. The van der Waals surface area contributed by atoms with Crippen LogP contribution in [0.2, 0.25) is 0 Å². The van der Waals surface area contributed by atoms with Crippen LogP contribution >= 0.6 is 0 Å². The Labute approximate surface area is 178 Å². The van der Waals surface area contributed by atoms with E-state index in [1.807, 2.05) is 42.5 Å². The molecule has 2 amide bonds. The molecule has 1 aliphatic rings. The molecule has 2 aromatic carbocycles. The van der Waals surface area contributed by atoms with Crippen molar-refractivity contribution in [3.05, 3.63) is 89.7 Å². The van der Waals surface area contributed by atoms with Crippen LogP contribution in [-0.2, 0) is 6.42 Å². The first-order valence-electron chi connectivity index (χ1n) is 9.91. The predicted octanol–water partition coefficient (Wildman–Crippen LogP) is 4.70. The van der Waals surface area contributed by atoms with Gasteiger partial charge in [0.05, 0.1) is 11.8 Å². The molecule has 0 unspecified atom stereocenters. The average Bonchev–Trinajstić information content (AvgIpc) is 3.53. The Morgan fingerprint density at radius 1 is 1.10 bits per heavy atom. The number of hydrogen-bond acceptors (Lipinski definition) is 5. The highest BCUT2D eigenvalue weighted by molar-refractivity contribution is 6.08. The van der Waals surface area contributed by atoms with Gasteiger partial charge in [0, 0.05) is 23.5 Å². The van der Waals surface area contributed by atoms with Gasteiger partial charge in [-0.3, -0.25) is 9.59 Å². The lowest BCUT2D eigenvalue weighted by molar-refractivity contribution is 0.0986. The number of carbonyl (C=O) groups is 2. The van der Waals surface area contributed by atoms with E-state index in [1.54, 1.807) is 24.0 Å². The first-order valence-corrected chi connectivity index (χ1v) is 9.91. The molecule has 7 nitrogen and oxygen atoms in total. The number of oxazole rings is 1. The first kappa shape index (κ1) is 18.9. The highest BCUT2D eigenvalue weighted by Gasteiger charge is 2.27. The fourth-order valence-electron chi connectivity index (χ4n) is 3.73. The lowest BCUT2D eigenvalue weighted by Crippen LogP contribution is -2.28. The Morgan fingerprint density at radius 2 is 1.94 bits per heavy atom. The Kier molecular flexibility index (Phi) is 4.63. The quantitative estimate of drug-likeness (QED) is 0.524. The number of hydrogen-bond donors (Lipinski definition) is 1. The van der Waals surface area contributed by atoms with Crippen molar-refractivity contribution in [3.8, 4) is 11.5 Å². The molecule has 0 fully saturated rings. The van der Waals surface area contributed by atoms with Crippen LogP contribution < -0.4 is 10.2 Å². The summed E-state index contributed by atoms with van der Waals surface area (Å²) in [6, 6.07) is 16.6. The molecule has 0 atom stereocenters. The number of benzene rings is 2. The molecular weight excluding hydrogens is 394 g/mol. The van der Waals surface area contributed by atoms with E-state index in [1.165, 1.54) is 12.5 Å². The minimum atomic E-state index is -0.340. The molecule has 0 aliphatic carbocycles. The van der Waals surface area contributed by atoms with Crippen LogP contribution in [-0.4, -0.2) is 23.3 Å². The predicted molar refractivity (Wildman–Crippen MR) is 115 cm³/mol. The lowest BCUT2D eigenvalue weighted by Gasteiger charge is -2.16. The van der Waals surface area contributed by atoms with Crippen LogP contribution in [0.5, 0.6) is 0 Å². The van der Waals surface area contributed by atoms with Crippen LogP contribution in [0.15, 0.2) is 76.0 Å². The third-order valence-electron chi connectivity index (χ3n) is 5.28. The topological polar surface area (TPSA) is 88.6 Å². The number of amides is 2. The van der Waals surface area contributed by atoms with E-state index >= 15 is 0 Å². The first-order chi connectivity index (χ1) is 15.1. The van der Waals surface area contributed by atoms with Crippen LogP contribution in [0, 0.1) is 6.92 Å². The number of rotatable bonds is 4. The largest absolute Gasteiger partial charge is 0.472 e. The van der Waals surface area contributed by atoms with Crippen LogP contribution in [0.25, 0.3) is 11.5 Å². The Balaban J connectivity index is 1.34. The van der Waals surface area contributed by atoms with E-state index in [0.717, 1.165) is 16.8 Å². The number of carbonyl (C=O) groups excluding carboxylic acids is 2.